The molecule has 0 aliphatic carbocycles. The van der Waals surface area contributed by atoms with Crippen LogP contribution in [-0.4, -0.2) is 336 Å². The van der Waals surface area contributed by atoms with Crippen molar-refractivity contribution in [2.75, 3.05) is 46.8 Å². The maximum absolute atomic E-state index is 14.8. The van der Waals surface area contributed by atoms with E-state index in [4.69, 9.17) is 80.5 Å². The summed E-state index contributed by atoms with van der Waals surface area (Å²) >= 11 is 0. The van der Waals surface area contributed by atoms with Crippen molar-refractivity contribution in [3.05, 3.63) is 102 Å². The number of hydrogen-bond acceptors (Lipinski definition) is 38. The monoisotopic (exact) mass is 1480 g/mol. The third kappa shape index (κ3) is 19.0. The molecule has 38 nitrogen and oxygen atoms in total. The van der Waals surface area contributed by atoms with Crippen LogP contribution in [0.4, 0.5) is 0 Å². The number of phenols is 1. The highest BCUT2D eigenvalue weighted by atomic mass is 16.8. The van der Waals surface area contributed by atoms with Crippen LogP contribution in [0.2, 0.25) is 0 Å². The molecule has 576 valence electrons. The first kappa shape index (κ1) is 81.0. The van der Waals surface area contributed by atoms with E-state index in [2.05, 4.69) is 0 Å². The fourth-order valence-electron chi connectivity index (χ4n) is 11.9. The minimum Gasteiger partial charge on any atom is -0.508 e. The van der Waals surface area contributed by atoms with E-state index < -0.39 is 247 Å². The maximum atomic E-state index is 14.8. The topological polar surface area (TPSA) is 566 Å². The van der Waals surface area contributed by atoms with E-state index in [1.54, 1.807) is 0 Å². The molecular formula is C66H84O38. The van der Waals surface area contributed by atoms with Gasteiger partial charge in [-0.1, -0.05) is 36.4 Å². The summed E-state index contributed by atoms with van der Waals surface area (Å²) in [5.74, 6) is -9.22. The Balaban J connectivity index is 1.19. The quantitative estimate of drug-likeness (QED) is 0.0192. The second-order valence-electron chi connectivity index (χ2n) is 24.8. The van der Waals surface area contributed by atoms with Crippen LogP contribution in [0.1, 0.15) is 42.3 Å². The molecule has 0 aromatic heterocycles. The summed E-state index contributed by atoms with van der Waals surface area (Å²) in [4.78, 5) is 68.3. The highest BCUT2D eigenvalue weighted by Crippen LogP contribution is 2.43. The predicted octanol–water partition coefficient (Wildman–Crippen LogP) is -6.47. The van der Waals surface area contributed by atoms with Crippen molar-refractivity contribution in [1.29, 1.82) is 0 Å². The van der Waals surface area contributed by atoms with Gasteiger partial charge in [0.25, 0.3) is 0 Å². The number of benzene rings is 3. The van der Waals surface area contributed by atoms with Gasteiger partial charge in [0, 0.05) is 26.0 Å². The predicted molar refractivity (Wildman–Crippen MR) is 335 cm³/mol. The van der Waals surface area contributed by atoms with Crippen molar-refractivity contribution in [3.8, 4) is 17.2 Å². The number of ether oxygens (including phenoxy) is 17. The second kappa shape index (κ2) is 36.0. The lowest BCUT2D eigenvalue weighted by atomic mass is 9.95. The Morgan fingerprint density at radius 2 is 0.990 bits per heavy atom. The molecule has 9 rings (SSSR count). The van der Waals surface area contributed by atoms with E-state index in [1.165, 1.54) is 92.9 Å². The number of aliphatic hydroxyl groups is 15. The first-order chi connectivity index (χ1) is 49.5. The van der Waals surface area contributed by atoms with Gasteiger partial charge in [-0.3, -0.25) is 9.59 Å². The normalized spacial score (nSPS) is 38.1. The smallest absolute Gasteiger partial charge is 0.338 e. The van der Waals surface area contributed by atoms with Gasteiger partial charge >= 0.3 is 29.8 Å². The van der Waals surface area contributed by atoms with Crippen molar-refractivity contribution < 1.29 is 186 Å². The van der Waals surface area contributed by atoms with Crippen molar-refractivity contribution in [1.82, 2.24) is 0 Å². The van der Waals surface area contributed by atoms with Crippen LogP contribution in [0.3, 0.4) is 0 Å². The molecule has 6 aliphatic heterocycles. The van der Waals surface area contributed by atoms with Gasteiger partial charge in [-0.15, -0.1) is 0 Å². The number of rotatable bonds is 27. The molecule has 6 saturated heterocycles. The average molecular weight is 1490 g/mol. The Labute approximate surface area is 590 Å². The largest absolute Gasteiger partial charge is 0.508 e. The molecule has 6 aliphatic rings. The van der Waals surface area contributed by atoms with Gasteiger partial charge in [0.1, 0.15) is 148 Å². The Kier molecular flexibility index (Phi) is 28.0. The molecule has 0 saturated carbocycles. The van der Waals surface area contributed by atoms with Crippen LogP contribution < -0.4 is 9.47 Å². The zero-order chi connectivity index (χ0) is 75.6. The number of esters is 5. The lowest BCUT2D eigenvalue weighted by Crippen LogP contribution is -2.69. The summed E-state index contributed by atoms with van der Waals surface area (Å²) in [6.07, 6.45) is -54.3. The summed E-state index contributed by atoms with van der Waals surface area (Å²) in [5, 5.41) is 176. The first-order valence-electron chi connectivity index (χ1n) is 32.5. The van der Waals surface area contributed by atoms with Gasteiger partial charge < -0.3 is 162 Å². The molecule has 0 bridgehead atoms. The highest BCUT2D eigenvalue weighted by molar-refractivity contribution is 5.90. The summed E-state index contributed by atoms with van der Waals surface area (Å²) in [6.45, 7) is -3.29. The Morgan fingerprint density at radius 3 is 1.59 bits per heavy atom. The van der Waals surface area contributed by atoms with Gasteiger partial charge in [0.2, 0.25) is 12.1 Å². The summed E-state index contributed by atoms with van der Waals surface area (Å²) in [6, 6.07) is 16.4. The van der Waals surface area contributed by atoms with Crippen molar-refractivity contribution in [3.63, 3.8) is 0 Å². The molecule has 0 spiro atoms. The zero-order valence-electron chi connectivity index (χ0n) is 55.8. The number of aromatic hydroxyl groups is 1. The molecule has 0 radical (unpaired) electrons. The molecule has 0 unspecified atom stereocenters. The SMILES string of the molecule is COc1cc(C=CC(=O)O[C@H]2[C@H](O[C@@H]3O[C@H](COC(C)=O)[C@@H](O)[C@H](O[C@@H]4O[C@H](CO)[C@@H](O)[C@H](O)[C@H]4O)[C@H]3O)[C@@H](O[C@@H]3O[C@H](CO)[C@@H](O)[C@H](O)[C@H]3O)[C@@H](O[C@]3(COC(=O)C=Cc4ccc(O)cc4)O[C@H](CO)[C@@H](O)[C@@H]3OC(=O)c3ccccc3)O[C@@H]2COC(C)=O)ccc1O[C@@H]1O[C@@H](C)[C@H](O)[C@@H](O)[C@H]1O. The number of carbonyl (C=O) groups is 5. The zero-order valence-corrected chi connectivity index (χ0v) is 55.8. The number of hydrogen-bond donors (Lipinski definition) is 16. The van der Waals surface area contributed by atoms with E-state index in [0.29, 0.717) is 5.56 Å². The molecule has 16 N–H and O–H groups in total. The number of phenolic OH excluding ortho intramolecular Hbond substituents is 1. The van der Waals surface area contributed by atoms with Crippen molar-refractivity contribution in [2.24, 2.45) is 0 Å². The van der Waals surface area contributed by atoms with E-state index in [0.717, 1.165) is 32.1 Å². The van der Waals surface area contributed by atoms with Gasteiger partial charge in [-0.2, -0.15) is 0 Å². The minimum absolute atomic E-state index is 0.0596. The molecule has 38 heteroatoms. The van der Waals surface area contributed by atoms with Crippen LogP contribution in [0.5, 0.6) is 17.2 Å². The Bertz CT molecular complexity index is 3380. The van der Waals surface area contributed by atoms with Crippen LogP contribution in [0.25, 0.3) is 12.2 Å². The van der Waals surface area contributed by atoms with E-state index in [-0.39, 0.29) is 28.4 Å². The molecule has 6 heterocycles. The molecular weight excluding hydrogens is 1400 g/mol. The maximum Gasteiger partial charge on any atom is 0.338 e. The van der Waals surface area contributed by atoms with Gasteiger partial charge in [0.15, 0.2) is 48.9 Å². The molecule has 3 aromatic carbocycles. The fraction of sp³-hybridized carbons (Fsp3) is 0.591. The molecule has 29 atom stereocenters. The highest BCUT2D eigenvalue weighted by Gasteiger charge is 2.65. The van der Waals surface area contributed by atoms with Crippen molar-refractivity contribution >= 4 is 42.0 Å². The lowest BCUT2D eigenvalue weighted by molar-refractivity contribution is -0.423. The number of methoxy groups -OCH3 is 1. The summed E-state index contributed by atoms with van der Waals surface area (Å²) in [5.41, 5.74) is 0.298. The summed E-state index contributed by atoms with van der Waals surface area (Å²) in [7, 11) is 1.22. The fourth-order valence-corrected chi connectivity index (χ4v) is 11.9. The molecule has 3 aromatic rings. The minimum atomic E-state index is -3.05. The molecule has 104 heavy (non-hydrogen) atoms. The van der Waals surface area contributed by atoms with Crippen LogP contribution in [0, 0.1) is 0 Å². The van der Waals surface area contributed by atoms with Crippen molar-refractivity contribution in [2.45, 2.75) is 198 Å². The third-order valence-corrected chi connectivity index (χ3v) is 17.5. The van der Waals surface area contributed by atoms with Gasteiger partial charge in [0.05, 0.1) is 38.6 Å². The van der Waals surface area contributed by atoms with E-state index in [9.17, 15) is 106 Å². The van der Waals surface area contributed by atoms with Crippen LogP contribution in [0.15, 0.2) is 84.9 Å². The average Bonchev–Trinajstić information content (AvgIpc) is 1.47. The second-order valence-corrected chi connectivity index (χ2v) is 24.8. The van der Waals surface area contributed by atoms with Crippen LogP contribution in [-0.2, 0) is 90.2 Å². The summed E-state index contributed by atoms with van der Waals surface area (Å²) < 4.78 is 101. The molecule has 0 amide bonds. The Hall–Kier alpha value is -7.11. The van der Waals surface area contributed by atoms with E-state index >= 15 is 0 Å². The Morgan fingerprint density at radius 1 is 0.471 bits per heavy atom. The van der Waals surface area contributed by atoms with Gasteiger partial charge in [-0.25, -0.2) is 14.4 Å². The van der Waals surface area contributed by atoms with Crippen LogP contribution >= 0.6 is 0 Å². The number of aliphatic hydroxyl groups excluding tert-OH is 15. The van der Waals surface area contributed by atoms with Gasteiger partial charge in [-0.05, 0) is 66.6 Å². The third-order valence-electron chi connectivity index (χ3n) is 17.5. The molecule has 6 fully saturated rings. The van der Waals surface area contributed by atoms with E-state index in [1.807, 2.05) is 0 Å². The number of carbonyl (C=O) groups excluding carboxylic acids is 5. The first-order valence-corrected chi connectivity index (χ1v) is 32.5. The lowest BCUT2D eigenvalue weighted by Gasteiger charge is -2.51. The standard InChI is InChI=1S/C66H84O38/c1-27-43(75)48(80)51(83)61(92-27)93-34-17-12-31(20-35(34)88-4)14-19-42(74)98-55-40(25-90-29(3)71)97-65(104-66(26-91-41(73)18-13-30-10-15-33(72)16-11-30)59(47(79)38(23-69)103-66)102-60(87)32-8-6-5-7-9-32)58(101-63-53(85)50(82)45(77)37(22-68)95-63)57(55)100-64-54(86)56(46(78)39(96-64)24-89-28(2)70)99-62-52(84)49(81)44(76)36(21-67)94-62/h5-20,27,36-40,43-59,61-65,67-69,72,75-86H,21-26H2,1-4H3/t27-,36+,37+,38+,39+,40+,43-,44+,45+,46+,47+,48+,49-,50-,51+,52+,53+,54+,55+,56-,57-,58+,59-,61-,62-,63-,64-,65+,66-/m0/s1.